The van der Waals surface area contributed by atoms with Crippen molar-refractivity contribution in [3.63, 3.8) is 0 Å². The number of benzene rings is 3. The van der Waals surface area contributed by atoms with E-state index >= 15 is 0 Å². The fourth-order valence-electron chi connectivity index (χ4n) is 2.38. The molecule has 3 aromatic rings. The maximum atomic E-state index is 11.4. The third kappa shape index (κ3) is 5.98. The van der Waals surface area contributed by atoms with Crippen molar-refractivity contribution in [2.24, 2.45) is 0 Å². The second-order valence-electron chi connectivity index (χ2n) is 4.98. The average molecular weight is 402 g/mol. The van der Waals surface area contributed by atoms with Crippen molar-refractivity contribution in [2.45, 2.75) is 4.90 Å². The van der Waals surface area contributed by atoms with Gasteiger partial charge in [0, 0.05) is 0 Å². The van der Waals surface area contributed by atoms with Crippen LogP contribution in [-0.4, -0.2) is 23.9 Å². The summed E-state index contributed by atoms with van der Waals surface area (Å²) in [6.45, 7) is 0. The summed E-state index contributed by atoms with van der Waals surface area (Å²) in [7, 11) is -5.10. The summed E-state index contributed by atoms with van der Waals surface area (Å²) >= 11 is 0. The second kappa shape index (κ2) is 10.9. The van der Waals surface area contributed by atoms with Crippen LogP contribution in [0.1, 0.15) is 1.43 Å². The first-order valence-corrected chi connectivity index (χ1v) is 9.82. The zero-order valence-corrected chi connectivity index (χ0v) is 17.9. The van der Waals surface area contributed by atoms with Crippen molar-refractivity contribution in [1.29, 1.82) is 0 Å². The van der Waals surface area contributed by atoms with E-state index in [1.807, 2.05) is 66.7 Å². The van der Waals surface area contributed by atoms with Gasteiger partial charge in [0.15, 0.2) is 0 Å². The van der Waals surface area contributed by atoms with Gasteiger partial charge in [0.05, 0.1) is 4.90 Å². The topological polar surface area (TPSA) is 117 Å². The molecule has 0 fully saturated rings. The normalized spacial score (nSPS) is 10.2. The Balaban J connectivity index is 0. The molecule has 5 N–H and O–H groups in total. The van der Waals surface area contributed by atoms with Gasteiger partial charge in [0.2, 0.25) is 0 Å². The summed E-state index contributed by atoms with van der Waals surface area (Å²) in [6, 6.07) is 26.5. The molecule has 0 atom stereocenters. The van der Waals surface area contributed by atoms with Gasteiger partial charge in [0.25, 0.3) is 10.1 Å². The van der Waals surface area contributed by atoms with Gasteiger partial charge < -0.3 is 12.4 Å². The van der Waals surface area contributed by atoms with Crippen LogP contribution in [0.3, 0.4) is 0 Å². The van der Waals surface area contributed by atoms with E-state index in [0.29, 0.717) is 0 Å². The number of hydrogen-bond donors (Lipinski definition) is 1. The minimum atomic E-state index is -4.21. The molecular formula is C18H20NaO5PS. The minimum absolute atomic E-state index is 0. The third-order valence-electron chi connectivity index (χ3n) is 3.40. The van der Waals surface area contributed by atoms with Gasteiger partial charge in [-0.15, -0.1) is 0 Å². The van der Waals surface area contributed by atoms with Gasteiger partial charge >= 0.3 is 29.6 Å². The van der Waals surface area contributed by atoms with Gasteiger partial charge in [-0.25, -0.2) is 0 Å². The van der Waals surface area contributed by atoms with E-state index in [4.69, 9.17) is 0 Å². The van der Waals surface area contributed by atoms with Crippen LogP contribution in [0.4, 0.5) is 0 Å². The summed E-state index contributed by atoms with van der Waals surface area (Å²) in [6.07, 6.45) is 0. The minimum Gasteiger partial charge on any atom is -1.00 e. The van der Waals surface area contributed by atoms with Crippen LogP contribution in [0.25, 0.3) is 0 Å². The Morgan fingerprint density at radius 2 is 1.12 bits per heavy atom. The van der Waals surface area contributed by atoms with Gasteiger partial charge in [-0.2, -0.15) is 8.42 Å². The van der Waals surface area contributed by atoms with Crippen molar-refractivity contribution in [3.8, 4) is 0 Å². The Morgan fingerprint density at radius 3 is 1.54 bits per heavy atom. The molecule has 0 unspecified atom stereocenters. The van der Waals surface area contributed by atoms with Gasteiger partial charge in [0.1, 0.15) is 0 Å². The number of rotatable bonds is 4. The average Bonchev–Trinajstić information content (AvgIpc) is 2.57. The summed E-state index contributed by atoms with van der Waals surface area (Å²) in [5.41, 5.74) is 0. The van der Waals surface area contributed by atoms with E-state index in [-0.39, 0.29) is 46.8 Å². The van der Waals surface area contributed by atoms with E-state index < -0.39 is 18.0 Å². The summed E-state index contributed by atoms with van der Waals surface area (Å²) < 4.78 is 32.2. The van der Waals surface area contributed by atoms with Gasteiger partial charge in [-0.05, 0) is 36.0 Å². The quantitative estimate of drug-likeness (QED) is 0.314. The molecule has 3 aromatic carbocycles. The molecule has 0 spiro atoms. The molecule has 0 bridgehead atoms. The molecule has 0 heterocycles. The number of hydrogen-bond acceptors (Lipinski definition) is 2. The third-order valence-corrected chi connectivity index (χ3v) is 6.68. The Hall–Kier alpha value is -1.08. The van der Waals surface area contributed by atoms with Crippen LogP contribution in [0.5, 0.6) is 0 Å². The fraction of sp³-hybridized carbons (Fsp3) is 0. The van der Waals surface area contributed by atoms with Crippen LogP contribution in [0, 0.1) is 0 Å². The molecule has 5 nitrogen and oxygen atoms in total. The Bertz CT molecular complexity index is 872. The van der Waals surface area contributed by atoms with Crippen molar-refractivity contribution in [2.75, 3.05) is 0 Å². The summed E-state index contributed by atoms with van der Waals surface area (Å²) in [5.74, 6) is 0. The first kappa shape index (κ1) is 24.9. The molecule has 134 valence electrons. The van der Waals surface area contributed by atoms with Crippen LogP contribution < -0.4 is 45.5 Å². The summed E-state index contributed by atoms with van der Waals surface area (Å²) in [5, 5.41) is 3.13. The summed E-state index contributed by atoms with van der Waals surface area (Å²) in [4.78, 5) is -0.0747. The maximum absolute atomic E-state index is 11.4. The van der Waals surface area contributed by atoms with E-state index in [0.717, 1.165) is 15.9 Å². The van der Waals surface area contributed by atoms with Gasteiger partial charge in [-0.3, -0.25) is 4.55 Å². The van der Waals surface area contributed by atoms with Crippen LogP contribution in [0.15, 0.2) is 89.8 Å². The molecule has 8 heteroatoms. The molecule has 26 heavy (non-hydrogen) atoms. The molecule has 0 aliphatic carbocycles. The van der Waals surface area contributed by atoms with Crippen LogP contribution in [-0.2, 0) is 10.1 Å². The Morgan fingerprint density at radius 1 is 0.692 bits per heavy atom. The van der Waals surface area contributed by atoms with Gasteiger partial charge in [-0.1, -0.05) is 72.8 Å². The zero-order chi connectivity index (χ0) is 16.3. The molecule has 0 amide bonds. The first-order chi connectivity index (χ1) is 11.1. The van der Waals surface area contributed by atoms with Crippen LogP contribution in [0.2, 0.25) is 0 Å². The molecule has 0 aliphatic rings. The molecule has 0 aliphatic heterocycles. The molecule has 0 saturated carbocycles. The first-order valence-electron chi connectivity index (χ1n) is 7.03. The molecule has 0 radical (unpaired) electrons. The SMILES string of the molecule is O.O.O=S(=O)(O)c1cccc(P(c2ccccc2)c2ccccc2)c1.[H-].[Na+]. The van der Waals surface area contributed by atoms with E-state index in [9.17, 15) is 13.0 Å². The van der Waals surface area contributed by atoms with E-state index in [1.165, 1.54) is 6.07 Å². The predicted molar refractivity (Wildman–Crippen MR) is 103 cm³/mol. The molecular weight excluding hydrogens is 382 g/mol. The monoisotopic (exact) mass is 402 g/mol. The van der Waals surface area contributed by atoms with E-state index in [2.05, 4.69) is 0 Å². The smallest absolute Gasteiger partial charge is 1.00 e. The van der Waals surface area contributed by atoms with Crippen molar-refractivity contribution in [3.05, 3.63) is 84.9 Å². The van der Waals surface area contributed by atoms with Crippen LogP contribution >= 0.6 is 7.92 Å². The Kier molecular flexibility index (Phi) is 10.5. The van der Waals surface area contributed by atoms with E-state index in [1.54, 1.807) is 12.1 Å². The largest absolute Gasteiger partial charge is 1.00 e. The molecule has 0 saturated heterocycles. The van der Waals surface area contributed by atoms with Crippen molar-refractivity contribution in [1.82, 2.24) is 0 Å². The van der Waals surface area contributed by atoms with Crippen molar-refractivity contribution < 1.29 is 54.9 Å². The molecule has 3 rings (SSSR count). The second-order valence-corrected chi connectivity index (χ2v) is 8.62. The van der Waals surface area contributed by atoms with Crippen molar-refractivity contribution >= 4 is 34.0 Å². The molecule has 0 aromatic heterocycles. The maximum Gasteiger partial charge on any atom is 1.00 e. The Labute approximate surface area is 178 Å². The predicted octanol–water partition coefficient (Wildman–Crippen LogP) is -1.84. The zero-order valence-electron chi connectivity index (χ0n) is 15.2. The fourth-order valence-corrected chi connectivity index (χ4v) is 5.34. The standard InChI is InChI=1S/C18H15O3PS.Na.2H2O.H/c19-23(20,21)18-13-7-12-17(14-18)22(15-8-3-1-4-9-15)16-10-5-2-6-11-16;;;;/h1-14H,(H,19,20,21);;2*1H2;/q;+1;;;-1.